The fourth-order valence-electron chi connectivity index (χ4n) is 6.42. The number of fused-ring (bicyclic) bond motifs is 1. The molecule has 44 heavy (non-hydrogen) atoms. The number of benzene rings is 1. The number of carbonyl (C=O) groups excluding carboxylic acids is 1. The van der Waals surface area contributed by atoms with Crippen molar-refractivity contribution >= 4 is 23.1 Å². The molecule has 4 N–H and O–H groups in total. The summed E-state index contributed by atoms with van der Waals surface area (Å²) < 4.78 is 43.3. The third-order valence-corrected chi connectivity index (χ3v) is 8.59. The average Bonchev–Trinajstić information content (AvgIpc) is 3.40. The Labute approximate surface area is 254 Å². The van der Waals surface area contributed by atoms with Gasteiger partial charge < -0.3 is 25.8 Å². The van der Waals surface area contributed by atoms with Crippen LogP contribution in [0, 0.1) is 17.6 Å². The van der Waals surface area contributed by atoms with Gasteiger partial charge in [0.25, 0.3) is 0 Å². The van der Waals surface area contributed by atoms with Crippen LogP contribution in [-0.2, 0) is 20.9 Å². The van der Waals surface area contributed by atoms with Gasteiger partial charge in [0.15, 0.2) is 0 Å². The summed E-state index contributed by atoms with van der Waals surface area (Å²) in [6.45, 7) is 4.97. The Kier molecular flexibility index (Phi) is 8.83. The Morgan fingerprint density at radius 3 is 2.64 bits per heavy atom. The molecule has 12 heteroatoms. The summed E-state index contributed by atoms with van der Waals surface area (Å²) in [4.78, 5) is 20.5. The molecule has 1 saturated heterocycles. The maximum Gasteiger partial charge on any atom is 0.229 e. The first-order valence-electron chi connectivity index (χ1n) is 15.0. The number of ether oxygens (including phenoxy) is 2. The molecule has 1 aliphatic carbocycles. The number of carbonyl (C=O) groups is 1. The Morgan fingerprint density at radius 2 is 1.91 bits per heavy atom. The molecule has 0 unspecified atom stereocenters. The van der Waals surface area contributed by atoms with Crippen molar-refractivity contribution in [2.45, 2.75) is 70.2 Å². The lowest BCUT2D eigenvalue weighted by Gasteiger charge is -2.39. The molecule has 3 aromatic heterocycles. The van der Waals surface area contributed by atoms with Crippen molar-refractivity contribution in [3.63, 3.8) is 0 Å². The summed E-state index contributed by atoms with van der Waals surface area (Å²) in [6.07, 6.45) is 8.16. The van der Waals surface area contributed by atoms with Crippen molar-refractivity contribution in [1.29, 1.82) is 0 Å². The molecule has 2 fully saturated rings. The maximum atomic E-state index is 15.3. The van der Waals surface area contributed by atoms with Gasteiger partial charge in [-0.2, -0.15) is 9.61 Å². The fourth-order valence-corrected chi connectivity index (χ4v) is 6.42. The Hall–Kier alpha value is -4.00. The topological polar surface area (TPSA) is 129 Å². The number of pyridine rings is 1. The van der Waals surface area contributed by atoms with E-state index in [1.807, 2.05) is 6.07 Å². The third-order valence-electron chi connectivity index (χ3n) is 8.59. The van der Waals surface area contributed by atoms with Gasteiger partial charge in [0.2, 0.25) is 11.9 Å². The zero-order chi connectivity index (χ0) is 30.8. The van der Waals surface area contributed by atoms with Crippen LogP contribution in [0.2, 0.25) is 0 Å². The van der Waals surface area contributed by atoms with E-state index in [0.29, 0.717) is 36.7 Å². The van der Waals surface area contributed by atoms with E-state index in [2.05, 4.69) is 32.6 Å². The highest BCUT2D eigenvalue weighted by Gasteiger charge is 2.35. The highest BCUT2D eigenvalue weighted by atomic mass is 19.1. The van der Waals surface area contributed by atoms with Crippen molar-refractivity contribution in [2.24, 2.45) is 11.7 Å². The number of anilines is 2. The molecule has 10 nitrogen and oxygen atoms in total. The molecular weight excluding hydrogens is 568 g/mol. The largest absolute Gasteiger partial charge is 0.381 e. The fraction of sp³-hybridized carbons (Fsp3) is 0.438. The quantitative estimate of drug-likeness (QED) is 0.260. The van der Waals surface area contributed by atoms with E-state index < -0.39 is 11.6 Å². The second-order valence-corrected chi connectivity index (χ2v) is 11.8. The van der Waals surface area contributed by atoms with Crippen molar-refractivity contribution in [3.8, 4) is 11.3 Å². The number of rotatable bonds is 8. The second-order valence-electron chi connectivity index (χ2n) is 11.8. The van der Waals surface area contributed by atoms with Crippen LogP contribution >= 0.6 is 0 Å². The standard InChI is InChI=1S/C32H37F2N7O3/c1-18-11-21(14-27(35)31(18)38-19(2)42)24-5-8-36-16-29(24)39-32-37-15-22-3-4-28(40-41(22)32)30-25(33)12-20(13-26(30)34)17-44-23-6-9-43-10-7-23/h3-5,8,12-13,15-16,18,21,23,27,31H,6-7,9-11,14,17,35H2,1-2H3,(H,37,39)(H,38,42)/t18-,21+,27+,31-/m0/s1. The molecule has 0 radical (unpaired) electrons. The van der Waals surface area contributed by atoms with Crippen LogP contribution in [0.5, 0.6) is 0 Å². The van der Waals surface area contributed by atoms with E-state index in [-0.39, 0.29) is 53.8 Å². The molecule has 0 spiro atoms. The smallest absolute Gasteiger partial charge is 0.229 e. The molecule has 1 saturated carbocycles. The monoisotopic (exact) mass is 605 g/mol. The van der Waals surface area contributed by atoms with E-state index in [0.717, 1.165) is 30.5 Å². The summed E-state index contributed by atoms with van der Waals surface area (Å²) >= 11 is 0. The number of halogens is 2. The highest BCUT2D eigenvalue weighted by molar-refractivity contribution is 5.73. The maximum absolute atomic E-state index is 15.3. The van der Waals surface area contributed by atoms with Crippen LogP contribution in [0.3, 0.4) is 0 Å². The van der Waals surface area contributed by atoms with Gasteiger partial charge >= 0.3 is 0 Å². The second kappa shape index (κ2) is 12.9. The molecule has 2 aliphatic rings. The number of hydrogen-bond acceptors (Lipinski definition) is 8. The summed E-state index contributed by atoms with van der Waals surface area (Å²) in [5.74, 6) is -0.839. The summed E-state index contributed by atoms with van der Waals surface area (Å²) in [5, 5.41) is 10.9. The van der Waals surface area contributed by atoms with Crippen LogP contribution in [0.1, 0.15) is 56.6 Å². The molecule has 232 valence electrons. The molecule has 1 aliphatic heterocycles. The van der Waals surface area contributed by atoms with Crippen LogP contribution in [0.4, 0.5) is 20.4 Å². The van der Waals surface area contributed by atoms with Crippen molar-refractivity contribution in [1.82, 2.24) is 24.9 Å². The van der Waals surface area contributed by atoms with Gasteiger partial charge in [-0.25, -0.2) is 13.8 Å². The van der Waals surface area contributed by atoms with E-state index >= 15 is 8.78 Å². The van der Waals surface area contributed by atoms with E-state index in [1.165, 1.54) is 23.6 Å². The van der Waals surface area contributed by atoms with Crippen LogP contribution in [-0.4, -0.2) is 56.9 Å². The Bertz CT molecular complexity index is 1610. The van der Waals surface area contributed by atoms with Gasteiger partial charge in [-0.05, 0) is 79.0 Å². The van der Waals surface area contributed by atoms with Crippen LogP contribution < -0.4 is 16.4 Å². The number of amides is 1. The SMILES string of the molecule is CC(=O)N[C@@H]1[C@H](N)C[C@H](c2ccncc2Nc2ncc3ccc(-c4c(F)cc(COC5CCOCC5)cc4F)nn23)C[C@@H]1C. The van der Waals surface area contributed by atoms with Gasteiger partial charge in [-0.1, -0.05) is 6.92 Å². The van der Waals surface area contributed by atoms with Crippen molar-refractivity contribution < 1.29 is 23.0 Å². The molecule has 4 aromatic rings. The lowest BCUT2D eigenvalue weighted by atomic mass is 9.73. The Balaban J connectivity index is 1.23. The lowest BCUT2D eigenvalue weighted by Crippen LogP contribution is -2.54. The average molecular weight is 606 g/mol. The first-order valence-corrected chi connectivity index (χ1v) is 15.0. The minimum Gasteiger partial charge on any atom is -0.381 e. The minimum absolute atomic E-state index is 0.0185. The first kappa shape index (κ1) is 30.0. The normalized spacial score (nSPS) is 22.7. The Morgan fingerprint density at radius 1 is 1.14 bits per heavy atom. The van der Waals surface area contributed by atoms with Gasteiger partial charge in [-0.15, -0.1) is 0 Å². The van der Waals surface area contributed by atoms with Gasteiger partial charge in [-0.3, -0.25) is 9.78 Å². The van der Waals surface area contributed by atoms with Crippen LogP contribution in [0.15, 0.2) is 48.9 Å². The number of nitrogens with one attached hydrogen (secondary N) is 2. The lowest BCUT2D eigenvalue weighted by molar-refractivity contribution is -0.120. The van der Waals surface area contributed by atoms with Crippen molar-refractivity contribution in [3.05, 3.63) is 71.7 Å². The molecule has 4 heterocycles. The number of hydrogen-bond donors (Lipinski definition) is 3. The number of aromatic nitrogens is 4. The van der Waals surface area contributed by atoms with Gasteiger partial charge in [0, 0.05) is 38.4 Å². The number of imidazole rings is 1. The molecule has 0 bridgehead atoms. The van der Waals surface area contributed by atoms with E-state index in [1.54, 1.807) is 30.7 Å². The first-order chi connectivity index (χ1) is 21.3. The zero-order valence-corrected chi connectivity index (χ0v) is 24.8. The van der Waals surface area contributed by atoms with Crippen LogP contribution in [0.25, 0.3) is 16.8 Å². The van der Waals surface area contributed by atoms with E-state index in [9.17, 15) is 4.79 Å². The zero-order valence-electron chi connectivity index (χ0n) is 24.8. The summed E-state index contributed by atoms with van der Waals surface area (Å²) in [7, 11) is 0. The highest BCUT2D eigenvalue weighted by Crippen LogP contribution is 2.39. The van der Waals surface area contributed by atoms with Gasteiger partial charge in [0.05, 0.1) is 47.6 Å². The third kappa shape index (κ3) is 6.42. The molecule has 1 amide bonds. The number of nitrogens with zero attached hydrogens (tertiary/aromatic N) is 4. The molecule has 1 aromatic carbocycles. The molecule has 4 atom stereocenters. The minimum atomic E-state index is -0.716. The molecular formula is C32H37F2N7O3. The summed E-state index contributed by atoms with van der Waals surface area (Å²) in [5.41, 5.74) is 9.25. The number of nitrogens with two attached hydrogens (primary N) is 1. The predicted octanol–water partition coefficient (Wildman–Crippen LogP) is 4.85. The van der Waals surface area contributed by atoms with Crippen molar-refractivity contribution in [2.75, 3.05) is 18.5 Å². The summed E-state index contributed by atoms with van der Waals surface area (Å²) in [6, 6.07) is 7.56. The predicted molar refractivity (Wildman–Crippen MR) is 161 cm³/mol. The van der Waals surface area contributed by atoms with E-state index in [4.69, 9.17) is 15.2 Å². The molecule has 6 rings (SSSR count). The van der Waals surface area contributed by atoms with Gasteiger partial charge in [0.1, 0.15) is 11.6 Å².